The molecule has 0 aliphatic carbocycles. The van der Waals surface area contributed by atoms with Gasteiger partial charge in [0.2, 0.25) is 22.2 Å². The van der Waals surface area contributed by atoms with Crippen LogP contribution in [0.1, 0.15) is 48.6 Å². The summed E-state index contributed by atoms with van der Waals surface area (Å²) in [5.74, 6) is 0.302. The van der Waals surface area contributed by atoms with E-state index < -0.39 is 47.3 Å². The lowest BCUT2D eigenvalue weighted by Crippen LogP contribution is -2.60. The van der Waals surface area contributed by atoms with E-state index in [1.165, 1.54) is 0 Å². The molecule has 1 aromatic heterocycles. The molecule has 12 nitrogen and oxygen atoms in total. The van der Waals surface area contributed by atoms with Gasteiger partial charge in [0.15, 0.2) is 0 Å². The molecule has 37 heavy (non-hydrogen) atoms. The quantitative estimate of drug-likeness (QED) is 0.167. The van der Waals surface area contributed by atoms with Gasteiger partial charge >= 0.3 is 0 Å². The molecule has 13 heteroatoms. The number of benzene rings is 1. The second-order valence-corrected chi connectivity index (χ2v) is 11.4. The van der Waals surface area contributed by atoms with Crippen LogP contribution in [0.5, 0.6) is 5.88 Å². The second-order valence-electron chi connectivity index (χ2n) is 9.49. The Balaban J connectivity index is 1.69. The highest BCUT2D eigenvalue weighted by Crippen LogP contribution is 2.31. The van der Waals surface area contributed by atoms with Gasteiger partial charge in [0.05, 0.1) is 12.4 Å². The summed E-state index contributed by atoms with van der Waals surface area (Å²) in [7, 11) is -3.33. The number of sulfonamides is 1. The normalized spacial score (nSPS) is 24.5. The Morgan fingerprint density at radius 1 is 1.14 bits per heavy atom. The van der Waals surface area contributed by atoms with E-state index in [0.717, 1.165) is 22.4 Å². The largest absolute Gasteiger partial charge is 0.443 e. The molecule has 1 aliphatic rings. The monoisotopic (exact) mass is 542 g/mol. The molecule has 1 aromatic carbocycles. The van der Waals surface area contributed by atoms with Gasteiger partial charge < -0.3 is 35.6 Å². The molecule has 2 heterocycles. The van der Waals surface area contributed by atoms with Crippen molar-refractivity contribution < 1.29 is 38.3 Å². The van der Waals surface area contributed by atoms with Crippen molar-refractivity contribution in [1.82, 2.24) is 14.9 Å². The first-order valence-corrected chi connectivity index (χ1v) is 14.0. The Kier molecular flexibility index (Phi) is 10.4. The summed E-state index contributed by atoms with van der Waals surface area (Å²) in [5.41, 5.74) is 8.89. The van der Waals surface area contributed by atoms with Crippen LogP contribution in [0.4, 0.5) is 0 Å². The highest BCUT2D eigenvalue weighted by Gasteiger charge is 2.45. The number of aliphatic hydroxyl groups is 4. The minimum atomic E-state index is -3.33. The number of hydrogen-bond acceptors (Lipinski definition) is 10. The molecule has 8 N–H and O–H groups in total. The van der Waals surface area contributed by atoms with Crippen molar-refractivity contribution >= 4 is 10.0 Å². The maximum atomic E-state index is 11.9. The van der Waals surface area contributed by atoms with Crippen molar-refractivity contribution in [2.45, 2.75) is 69.7 Å². The van der Waals surface area contributed by atoms with Crippen LogP contribution in [0.15, 0.2) is 24.3 Å². The Labute approximate surface area is 216 Å². The van der Waals surface area contributed by atoms with Crippen molar-refractivity contribution in [3.05, 3.63) is 46.6 Å². The first-order chi connectivity index (χ1) is 17.6. The maximum Gasteiger partial charge on any atom is 0.238 e. The summed E-state index contributed by atoms with van der Waals surface area (Å²) in [5, 5.41) is 47.1. The topological polar surface area (TPSA) is 200 Å². The van der Waals surface area contributed by atoms with Crippen molar-refractivity contribution in [2.24, 2.45) is 5.73 Å². The van der Waals surface area contributed by atoms with E-state index in [2.05, 4.69) is 14.9 Å². The van der Waals surface area contributed by atoms with Gasteiger partial charge in [-0.25, -0.2) is 13.1 Å². The molecule has 208 valence electrons. The lowest BCUT2D eigenvalue weighted by molar-refractivity contribution is -0.278. The fourth-order valence-corrected chi connectivity index (χ4v) is 5.26. The van der Waals surface area contributed by atoms with Crippen molar-refractivity contribution in [2.75, 3.05) is 25.4 Å². The van der Waals surface area contributed by atoms with Crippen LogP contribution in [-0.2, 0) is 27.6 Å². The smallest absolute Gasteiger partial charge is 0.238 e. The summed E-state index contributed by atoms with van der Waals surface area (Å²) in [6, 6.07) is 7.79. The number of ether oxygens (including phenoxy) is 2. The summed E-state index contributed by atoms with van der Waals surface area (Å²) in [4.78, 5) is 0. The fourth-order valence-electron chi connectivity index (χ4n) is 4.16. The average Bonchev–Trinajstić information content (AvgIpc) is 3.26. The number of rotatable bonds is 13. The van der Waals surface area contributed by atoms with Crippen molar-refractivity contribution in [3.63, 3.8) is 0 Å². The number of nitrogens with zero attached hydrogens (tertiary/aromatic N) is 1. The van der Waals surface area contributed by atoms with E-state index in [0.29, 0.717) is 19.3 Å². The van der Waals surface area contributed by atoms with Crippen LogP contribution in [0.3, 0.4) is 0 Å². The number of aromatic nitrogens is 2. The number of H-pyrrole nitrogens is 1. The van der Waals surface area contributed by atoms with Crippen LogP contribution >= 0.6 is 0 Å². The SMILES string of the molecule is CC(C)c1[nH]nc(O[C@@H]2O[C@H](CO)[C@@H](O)[C@H](O)[C@H]2O)c1Cc1ccc(CCCS(=O)(=O)NCCN)cc1. The molecule has 0 spiro atoms. The summed E-state index contributed by atoms with van der Waals surface area (Å²) in [6.45, 7) is 3.91. The third-order valence-electron chi connectivity index (χ3n) is 6.26. The number of nitrogens with one attached hydrogen (secondary N) is 2. The average molecular weight is 543 g/mol. The minimum absolute atomic E-state index is 0.0279. The highest BCUT2D eigenvalue weighted by molar-refractivity contribution is 7.89. The molecule has 0 saturated carbocycles. The van der Waals surface area contributed by atoms with Crippen LogP contribution in [0.25, 0.3) is 0 Å². The van der Waals surface area contributed by atoms with Gasteiger partial charge in [-0.1, -0.05) is 38.1 Å². The Morgan fingerprint density at radius 2 is 1.81 bits per heavy atom. The predicted molar refractivity (Wildman–Crippen MR) is 135 cm³/mol. The first-order valence-electron chi connectivity index (χ1n) is 12.4. The third kappa shape index (κ3) is 7.71. The lowest BCUT2D eigenvalue weighted by Gasteiger charge is -2.39. The molecule has 3 rings (SSSR count). The molecule has 1 aliphatic heterocycles. The molecule has 5 atom stereocenters. The second kappa shape index (κ2) is 13.1. The third-order valence-corrected chi connectivity index (χ3v) is 7.73. The molecular formula is C24H38N4O8S. The summed E-state index contributed by atoms with van der Waals surface area (Å²) < 4.78 is 37.6. The first kappa shape index (κ1) is 29.5. The number of hydrogen-bond donors (Lipinski definition) is 7. The van der Waals surface area contributed by atoms with E-state index >= 15 is 0 Å². The van der Waals surface area contributed by atoms with Gasteiger partial charge in [-0.05, 0) is 29.9 Å². The van der Waals surface area contributed by atoms with E-state index in [1.807, 2.05) is 38.1 Å². The predicted octanol–water partition coefficient (Wildman–Crippen LogP) is -0.887. The zero-order valence-electron chi connectivity index (χ0n) is 21.1. The van der Waals surface area contributed by atoms with E-state index in [9.17, 15) is 28.8 Å². The standard InChI is InChI=1S/C24H38N4O8S/c1-14(2)19-17(23(28-27-19)36-24-22(32)21(31)20(30)18(13-29)35-24)12-16-7-5-15(6-8-16)4-3-11-37(33,34)26-10-9-25/h5-8,14,18,20-22,24,26,29-32H,3-4,9-13,25H2,1-2H3,(H,27,28)/t18-,20-,21+,22-,24+/m1/s1. The number of aliphatic hydroxyl groups excluding tert-OH is 4. The summed E-state index contributed by atoms with van der Waals surface area (Å²) >= 11 is 0. The molecule has 0 amide bonds. The van der Waals surface area contributed by atoms with Crippen LogP contribution < -0.4 is 15.2 Å². The maximum absolute atomic E-state index is 11.9. The van der Waals surface area contributed by atoms with E-state index in [1.54, 1.807) is 0 Å². The van der Waals surface area contributed by atoms with Gasteiger partial charge in [0, 0.05) is 30.8 Å². The number of aromatic amines is 1. The number of nitrogens with two attached hydrogens (primary N) is 1. The molecular weight excluding hydrogens is 504 g/mol. The number of aryl methyl sites for hydroxylation is 1. The van der Waals surface area contributed by atoms with Gasteiger partial charge in [-0.15, -0.1) is 5.10 Å². The highest BCUT2D eigenvalue weighted by atomic mass is 32.2. The van der Waals surface area contributed by atoms with Crippen LogP contribution in [0.2, 0.25) is 0 Å². The van der Waals surface area contributed by atoms with Crippen LogP contribution in [-0.4, -0.2) is 95.2 Å². The van der Waals surface area contributed by atoms with Crippen molar-refractivity contribution in [3.8, 4) is 5.88 Å². The zero-order chi connectivity index (χ0) is 27.2. The van der Waals surface area contributed by atoms with Crippen molar-refractivity contribution in [1.29, 1.82) is 0 Å². The zero-order valence-corrected chi connectivity index (χ0v) is 21.9. The van der Waals surface area contributed by atoms with Gasteiger partial charge in [-0.2, -0.15) is 0 Å². The molecule has 0 bridgehead atoms. The van der Waals surface area contributed by atoms with E-state index in [-0.39, 0.29) is 30.6 Å². The lowest BCUT2D eigenvalue weighted by atomic mass is 9.98. The molecule has 0 unspecified atom stereocenters. The molecule has 2 aromatic rings. The molecule has 1 fully saturated rings. The Bertz CT molecular complexity index is 1090. The Morgan fingerprint density at radius 3 is 2.43 bits per heavy atom. The van der Waals surface area contributed by atoms with Gasteiger partial charge in [0.25, 0.3) is 0 Å². The minimum Gasteiger partial charge on any atom is -0.443 e. The van der Waals surface area contributed by atoms with Crippen LogP contribution in [0, 0.1) is 0 Å². The van der Waals surface area contributed by atoms with Gasteiger partial charge in [-0.3, -0.25) is 5.10 Å². The summed E-state index contributed by atoms with van der Waals surface area (Å²) in [6.07, 6.45) is -5.46. The van der Waals surface area contributed by atoms with Gasteiger partial charge in [0.1, 0.15) is 24.4 Å². The molecule has 0 radical (unpaired) electrons. The molecule has 1 saturated heterocycles. The fraction of sp³-hybridized carbons (Fsp3) is 0.625. The van der Waals surface area contributed by atoms with E-state index in [4.69, 9.17) is 15.2 Å². The Hall–Kier alpha value is -2.10.